The minimum atomic E-state index is -0.135. The highest BCUT2D eigenvalue weighted by molar-refractivity contribution is 6.11. The molecule has 0 spiro atoms. The number of carbonyl (C=O) groups excluding carboxylic acids is 1. The van der Waals surface area contributed by atoms with E-state index >= 15 is 0 Å². The second-order valence-electron chi connectivity index (χ2n) is 2.89. The van der Waals surface area contributed by atoms with Crippen molar-refractivity contribution in [2.75, 3.05) is 6.61 Å². The summed E-state index contributed by atoms with van der Waals surface area (Å²) in [7, 11) is 0. The van der Waals surface area contributed by atoms with Crippen LogP contribution in [0.3, 0.4) is 0 Å². The van der Waals surface area contributed by atoms with Crippen LogP contribution in [0.1, 0.15) is 12.5 Å². The maximum Gasteiger partial charge on any atom is 0.186 e. The van der Waals surface area contributed by atoms with Gasteiger partial charge in [-0.05, 0) is 6.92 Å². The van der Waals surface area contributed by atoms with Crippen molar-refractivity contribution in [1.82, 2.24) is 0 Å². The first-order chi connectivity index (χ1) is 7.24. The number of oxime groups is 1. The molecule has 0 saturated carbocycles. The maximum absolute atomic E-state index is 10.6. The van der Waals surface area contributed by atoms with E-state index in [-0.39, 0.29) is 18.1 Å². The Morgan fingerprint density at radius 3 is 2.67 bits per heavy atom. The number of ketones is 1. The molecule has 76 valence electrons. The van der Waals surface area contributed by atoms with Gasteiger partial charge in [0.15, 0.2) is 18.1 Å². The van der Waals surface area contributed by atoms with Crippen LogP contribution in [0.2, 0.25) is 0 Å². The van der Waals surface area contributed by atoms with Crippen molar-refractivity contribution in [1.29, 1.82) is 5.26 Å². The zero-order valence-electron chi connectivity index (χ0n) is 8.30. The fourth-order valence-corrected chi connectivity index (χ4v) is 0.921. The maximum atomic E-state index is 10.6. The van der Waals surface area contributed by atoms with Crippen molar-refractivity contribution in [2.24, 2.45) is 5.16 Å². The number of nitrogens with zero attached hydrogens (tertiary/aromatic N) is 2. The molecule has 0 amide bonds. The van der Waals surface area contributed by atoms with Crippen molar-refractivity contribution < 1.29 is 9.63 Å². The lowest BCUT2D eigenvalue weighted by molar-refractivity contribution is -0.121. The van der Waals surface area contributed by atoms with E-state index in [4.69, 9.17) is 10.1 Å². The molecule has 1 rings (SSSR count). The van der Waals surface area contributed by atoms with Crippen LogP contribution < -0.4 is 0 Å². The Hall–Kier alpha value is -2.15. The zero-order valence-corrected chi connectivity index (χ0v) is 8.30. The van der Waals surface area contributed by atoms with Gasteiger partial charge in [0.25, 0.3) is 0 Å². The van der Waals surface area contributed by atoms with Gasteiger partial charge in [-0.1, -0.05) is 35.5 Å². The van der Waals surface area contributed by atoms with Crippen LogP contribution in [-0.2, 0) is 9.63 Å². The molecule has 0 aliphatic carbocycles. The van der Waals surface area contributed by atoms with Gasteiger partial charge in [0, 0.05) is 5.56 Å². The second kappa shape index (κ2) is 5.55. The second-order valence-corrected chi connectivity index (χ2v) is 2.89. The van der Waals surface area contributed by atoms with Crippen molar-refractivity contribution in [3.8, 4) is 6.07 Å². The first-order valence-corrected chi connectivity index (χ1v) is 4.39. The summed E-state index contributed by atoms with van der Waals surface area (Å²) in [4.78, 5) is 15.3. The van der Waals surface area contributed by atoms with Crippen LogP contribution in [0.25, 0.3) is 0 Å². The topological polar surface area (TPSA) is 62.4 Å². The molecule has 0 aliphatic rings. The van der Waals surface area contributed by atoms with Gasteiger partial charge in [-0.2, -0.15) is 5.26 Å². The lowest BCUT2D eigenvalue weighted by Crippen LogP contribution is -2.03. The van der Waals surface area contributed by atoms with E-state index in [1.54, 1.807) is 24.3 Å². The third kappa shape index (κ3) is 3.61. The Labute approximate surface area is 87.8 Å². The highest BCUT2D eigenvalue weighted by Crippen LogP contribution is 2.00. The molecule has 0 radical (unpaired) electrons. The number of hydrogen-bond acceptors (Lipinski definition) is 4. The van der Waals surface area contributed by atoms with Crippen LogP contribution in [0, 0.1) is 11.3 Å². The summed E-state index contributed by atoms with van der Waals surface area (Å²) in [6.45, 7) is 1.28. The molecule has 0 saturated heterocycles. The van der Waals surface area contributed by atoms with E-state index in [1.165, 1.54) is 6.92 Å². The molecule has 15 heavy (non-hydrogen) atoms. The molecule has 0 bridgehead atoms. The van der Waals surface area contributed by atoms with Gasteiger partial charge in [-0.3, -0.25) is 4.79 Å². The molecular weight excluding hydrogens is 192 g/mol. The fraction of sp³-hybridized carbons (Fsp3) is 0.182. The first-order valence-electron chi connectivity index (χ1n) is 4.39. The summed E-state index contributed by atoms with van der Waals surface area (Å²) in [5.74, 6) is -0.135. The van der Waals surface area contributed by atoms with Crippen molar-refractivity contribution in [3.05, 3.63) is 35.9 Å². The number of nitriles is 1. The van der Waals surface area contributed by atoms with E-state index < -0.39 is 0 Å². The molecule has 0 aliphatic heterocycles. The molecule has 0 unspecified atom stereocenters. The number of hydrogen-bond donors (Lipinski definition) is 0. The third-order valence-corrected chi connectivity index (χ3v) is 1.58. The van der Waals surface area contributed by atoms with E-state index in [0.717, 1.165) is 0 Å². The molecule has 0 fully saturated rings. The van der Waals surface area contributed by atoms with E-state index in [1.807, 2.05) is 12.1 Å². The van der Waals surface area contributed by atoms with Gasteiger partial charge in [0.1, 0.15) is 6.07 Å². The molecule has 4 heteroatoms. The van der Waals surface area contributed by atoms with Crippen LogP contribution in [0.4, 0.5) is 0 Å². The van der Waals surface area contributed by atoms with Gasteiger partial charge in [-0.15, -0.1) is 0 Å². The Balaban J connectivity index is 2.73. The van der Waals surface area contributed by atoms with Crippen LogP contribution in [0.5, 0.6) is 0 Å². The highest BCUT2D eigenvalue weighted by atomic mass is 16.6. The predicted molar refractivity (Wildman–Crippen MR) is 55.2 cm³/mol. The smallest absolute Gasteiger partial charge is 0.186 e. The van der Waals surface area contributed by atoms with Crippen molar-refractivity contribution in [3.63, 3.8) is 0 Å². The van der Waals surface area contributed by atoms with Gasteiger partial charge in [0.05, 0.1) is 0 Å². The predicted octanol–water partition coefficient (Wildman–Crippen LogP) is 1.52. The monoisotopic (exact) mass is 202 g/mol. The minimum Gasteiger partial charge on any atom is -0.387 e. The lowest BCUT2D eigenvalue weighted by atomic mass is 10.1. The number of rotatable bonds is 4. The number of benzene rings is 1. The molecule has 0 aromatic heterocycles. The third-order valence-electron chi connectivity index (χ3n) is 1.58. The van der Waals surface area contributed by atoms with Crippen molar-refractivity contribution >= 4 is 11.5 Å². The standard InChI is InChI=1S/C11H10N2O2/c1-9(14)8-15-13-11(7-12)10-5-3-2-4-6-10/h2-6H,8H2,1H3/b13-11+. The molecule has 1 aromatic rings. The Morgan fingerprint density at radius 2 is 2.13 bits per heavy atom. The minimum absolute atomic E-state index is 0.113. The largest absolute Gasteiger partial charge is 0.387 e. The average molecular weight is 202 g/mol. The molecule has 1 aromatic carbocycles. The fourth-order valence-electron chi connectivity index (χ4n) is 0.921. The van der Waals surface area contributed by atoms with Gasteiger partial charge in [-0.25, -0.2) is 0 Å². The summed E-state index contributed by atoms with van der Waals surface area (Å²) in [6.07, 6.45) is 0. The number of carbonyl (C=O) groups is 1. The Bertz CT molecular complexity index is 404. The first kappa shape index (κ1) is 10.9. The summed E-state index contributed by atoms with van der Waals surface area (Å²) in [5, 5.41) is 12.4. The van der Waals surface area contributed by atoms with Crippen LogP contribution >= 0.6 is 0 Å². The quantitative estimate of drug-likeness (QED) is 0.549. The highest BCUT2D eigenvalue weighted by Gasteiger charge is 2.01. The zero-order chi connectivity index (χ0) is 11.1. The summed E-state index contributed by atoms with van der Waals surface area (Å²) in [6, 6.07) is 10.8. The normalized spacial score (nSPS) is 10.5. The summed E-state index contributed by atoms with van der Waals surface area (Å²) >= 11 is 0. The van der Waals surface area contributed by atoms with Crippen LogP contribution in [-0.4, -0.2) is 18.1 Å². The molecular formula is C11H10N2O2. The Kier molecular flexibility index (Phi) is 4.05. The lowest BCUT2D eigenvalue weighted by Gasteiger charge is -1.97. The van der Waals surface area contributed by atoms with Gasteiger partial charge >= 0.3 is 0 Å². The Morgan fingerprint density at radius 1 is 1.47 bits per heavy atom. The van der Waals surface area contributed by atoms with E-state index in [9.17, 15) is 4.79 Å². The van der Waals surface area contributed by atoms with Gasteiger partial charge < -0.3 is 4.84 Å². The molecule has 0 atom stereocenters. The molecule has 4 nitrogen and oxygen atoms in total. The van der Waals surface area contributed by atoms with Crippen LogP contribution in [0.15, 0.2) is 35.5 Å². The van der Waals surface area contributed by atoms with Crippen molar-refractivity contribution in [2.45, 2.75) is 6.92 Å². The number of Topliss-reactive ketones (excluding diaryl/α,β-unsaturated/α-hetero) is 1. The molecule has 0 N–H and O–H groups in total. The average Bonchev–Trinajstić information content (AvgIpc) is 2.25. The van der Waals surface area contributed by atoms with E-state index in [0.29, 0.717) is 5.56 Å². The molecule has 0 heterocycles. The summed E-state index contributed by atoms with van der Waals surface area (Å²) < 4.78 is 0. The summed E-state index contributed by atoms with van der Waals surface area (Å²) in [5.41, 5.74) is 0.834. The SMILES string of the molecule is CC(=O)CO/N=C(\C#N)c1ccccc1. The van der Waals surface area contributed by atoms with E-state index in [2.05, 4.69) is 5.16 Å². The van der Waals surface area contributed by atoms with Gasteiger partial charge in [0.2, 0.25) is 0 Å².